The van der Waals surface area contributed by atoms with Crippen LogP contribution in [0.25, 0.3) is 0 Å². The molecule has 2 amide bonds. The Kier molecular flexibility index (Phi) is 5.61. The first-order chi connectivity index (χ1) is 11.5. The number of halogens is 2. The topological polar surface area (TPSA) is 100 Å². The van der Waals surface area contributed by atoms with Crippen LogP contribution in [0.5, 0.6) is 0 Å². The van der Waals surface area contributed by atoms with Crippen molar-refractivity contribution in [3.8, 4) is 0 Å². The van der Waals surface area contributed by atoms with Crippen LogP contribution in [0, 0.1) is 11.6 Å². The summed E-state index contributed by atoms with van der Waals surface area (Å²) in [6, 6.07) is 5.93. The van der Waals surface area contributed by atoms with E-state index in [0.717, 1.165) is 12.1 Å². The Labute approximate surface area is 135 Å². The predicted octanol–water partition coefficient (Wildman–Crippen LogP) is 1.20. The number of nitrogens with one attached hydrogen (secondary N) is 3. The van der Waals surface area contributed by atoms with E-state index in [-0.39, 0.29) is 11.4 Å². The van der Waals surface area contributed by atoms with Gasteiger partial charge < -0.3 is 20.4 Å². The van der Waals surface area contributed by atoms with Gasteiger partial charge in [0.1, 0.15) is 5.69 Å². The zero-order valence-electron chi connectivity index (χ0n) is 12.3. The monoisotopic (exact) mass is 337 g/mol. The minimum atomic E-state index is -1.10. The van der Waals surface area contributed by atoms with Crippen molar-refractivity contribution in [3.05, 3.63) is 53.9 Å². The summed E-state index contributed by atoms with van der Waals surface area (Å²) in [4.78, 5) is 37.2. The van der Waals surface area contributed by atoms with Crippen molar-refractivity contribution in [2.24, 2.45) is 0 Å². The maximum absolute atomic E-state index is 13.0. The molecule has 0 bridgehead atoms. The summed E-state index contributed by atoms with van der Waals surface area (Å²) in [5.74, 6) is -4.18. The highest BCUT2D eigenvalue weighted by Gasteiger charge is 2.12. The number of benzene rings is 1. The van der Waals surface area contributed by atoms with Gasteiger partial charge in [0.15, 0.2) is 18.2 Å². The molecule has 0 aliphatic heterocycles. The summed E-state index contributed by atoms with van der Waals surface area (Å²) in [6.45, 7) is -0.978. The zero-order valence-corrected chi connectivity index (χ0v) is 12.3. The van der Waals surface area contributed by atoms with Crippen molar-refractivity contribution < 1.29 is 27.9 Å². The molecular formula is C15H13F2N3O4. The number of aromatic nitrogens is 1. The average molecular weight is 337 g/mol. The molecule has 0 aliphatic carbocycles. The lowest BCUT2D eigenvalue weighted by atomic mass is 10.3. The molecule has 24 heavy (non-hydrogen) atoms. The minimum absolute atomic E-state index is 0.0475. The third kappa shape index (κ3) is 4.90. The van der Waals surface area contributed by atoms with E-state index >= 15 is 0 Å². The number of esters is 1. The zero-order chi connectivity index (χ0) is 17.5. The molecule has 2 aromatic rings. The van der Waals surface area contributed by atoms with E-state index in [0.29, 0.717) is 0 Å². The van der Waals surface area contributed by atoms with E-state index in [4.69, 9.17) is 4.74 Å². The number of carbonyl (C=O) groups is 3. The summed E-state index contributed by atoms with van der Waals surface area (Å²) >= 11 is 0. The maximum atomic E-state index is 13.0. The number of aromatic amines is 1. The van der Waals surface area contributed by atoms with Gasteiger partial charge in [0.05, 0.1) is 6.54 Å². The van der Waals surface area contributed by atoms with Crippen LogP contribution in [0.1, 0.15) is 10.5 Å². The Hall–Kier alpha value is -3.23. The molecule has 1 aromatic heterocycles. The fraction of sp³-hybridized carbons (Fsp3) is 0.133. The molecule has 0 unspecified atom stereocenters. The first-order valence-corrected chi connectivity index (χ1v) is 6.78. The van der Waals surface area contributed by atoms with Crippen molar-refractivity contribution in [3.63, 3.8) is 0 Å². The molecule has 1 heterocycles. The minimum Gasteiger partial charge on any atom is -0.451 e. The first-order valence-electron chi connectivity index (χ1n) is 6.78. The van der Waals surface area contributed by atoms with Crippen molar-refractivity contribution in [1.82, 2.24) is 10.3 Å². The molecule has 0 saturated carbocycles. The SMILES string of the molecule is O=C(COC(=O)c1ccc[nH]1)NCC(=O)Nc1ccc(F)c(F)c1. The Balaban J connectivity index is 1.72. The molecule has 0 radical (unpaired) electrons. The molecule has 126 valence electrons. The van der Waals surface area contributed by atoms with Crippen molar-refractivity contribution in [2.75, 3.05) is 18.5 Å². The van der Waals surface area contributed by atoms with Gasteiger partial charge in [0, 0.05) is 18.0 Å². The van der Waals surface area contributed by atoms with Gasteiger partial charge in [-0.3, -0.25) is 9.59 Å². The lowest BCUT2D eigenvalue weighted by Gasteiger charge is -2.07. The molecule has 0 atom stereocenters. The summed E-state index contributed by atoms with van der Waals surface area (Å²) in [7, 11) is 0. The standard InChI is InChI=1S/C15H13F2N3O4/c16-10-4-3-9(6-11(10)17)20-13(21)7-19-14(22)8-24-15(23)12-2-1-5-18-12/h1-6,18H,7-8H2,(H,19,22)(H,20,21). The normalized spacial score (nSPS) is 10.1. The predicted molar refractivity (Wildman–Crippen MR) is 79.1 cm³/mol. The number of ether oxygens (including phenoxy) is 1. The highest BCUT2D eigenvalue weighted by atomic mass is 19.2. The number of H-pyrrole nitrogens is 1. The number of amides is 2. The Morgan fingerprint density at radius 1 is 1.08 bits per heavy atom. The maximum Gasteiger partial charge on any atom is 0.355 e. The van der Waals surface area contributed by atoms with E-state index < -0.39 is 42.6 Å². The van der Waals surface area contributed by atoms with Crippen LogP contribution in [0.2, 0.25) is 0 Å². The lowest BCUT2D eigenvalue weighted by molar-refractivity contribution is -0.126. The van der Waals surface area contributed by atoms with E-state index in [9.17, 15) is 23.2 Å². The smallest absolute Gasteiger partial charge is 0.355 e. The molecular weight excluding hydrogens is 324 g/mol. The van der Waals surface area contributed by atoms with Crippen LogP contribution in [-0.4, -0.2) is 35.9 Å². The highest BCUT2D eigenvalue weighted by Crippen LogP contribution is 2.12. The Morgan fingerprint density at radius 2 is 1.88 bits per heavy atom. The molecule has 3 N–H and O–H groups in total. The quantitative estimate of drug-likeness (QED) is 0.690. The number of hydrogen-bond acceptors (Lipinski definition) is 4. The summed E-state index contributed by atoms with van der Waals surface area (Å²) in [5, 5.41) is 4.50. The second-order valence-corrected chi connectivity index (χ2v) is 4.61. The molecule has 0 fully saturated rings. The van der Waals surface area contributed by atoms with Gasteiger partial charge in [0.2, 0.25) is 5.91 Å². The van der Waals surface area contributed by atoms with Crippen LogP contribution in [0.15, 0.2) is 36.5 Å². The lowest BCUT2D eigenvalue weighted by Crippen LogP contribution is -2.35. The van der Waals surface area contributed by atoms with Crippen molar-refractivity contribution in [1.29, 1.82) is 0 Å². The van der Waals surface area contributed by atoms with Gasteiger partial charge in [-0.1, -0.05) is 0 Å². The number of hydrogen-bond donors (Lipinski definition) is 3. The molecule has 9 heteroatoms. The van der Waals surface area contributed by atoms with Gasteiger partial charge in [-0.2, -0.15) is 0 Å². The first kappa shape index (κ1) is 17.1. The fourth-order valence-corrected chi connectivity index (χ4v) is 1.68. The van der Waals surface area contributed by atoms with Crippen molar-refractivity contribution >= 4 is 23.5 Å². The average Bonchev–Trinajstić information content (AvgIpc) is 3.08. The van der Waals surface area contributed by atoms with E-state index in [2.05, 4.69) is 15.6 Å². The van der Waals surface area contributed by atoms with Gasteiger partial charge in [-0.05, 0) is 24.3 Å². The largest absolute Gasteiger partial charge is 0.451 e. The van der Waals surface area contributed by atoms with E-state index in [1.54, 1.807) is 6.07 Å². The summed E-state index contributed by atoms with van der Waals surface area (Å²) in [5.41, 5.74) is 0.241. The molecule has 0 spiro atoms. The van der Waals surface area contributed by atoms with Crippen LogP contribution in [0.3, 0.4) is 0 Å². The molecule has 1 aromatic carbocycles. The van der Waals surface area contributed by atoms with Gasteiger partial charge in [0.25, 0.3) is 5.91 Å². The van der Waals surface area contributed by atoms with E-state index in [1.165, 1.54) is 18.3 Å². The number of carbonyl (C=O) groups excluding carboxylic acids is 3. The number of anilines is 1. The molecule has 2 rings (SSSR count). The second-order valence-electron chi connectivity index (χ2n) is 4.61. The van der Waals surface area contributed by atoms with Gasteiger partial charge in [-0.25, -0.2) is 13.6 Å². The third-order valence-electron chi connectivity index (χ3n) is 2.80. The second kappa shape index (κ2) is 7.86. The summed E-state index contributed by atoms with van der Waals surface area (Å²) < 4.78 is 30.5. The van der Waals surface area contributed by atoms with Gasteiger partial charge in [-0.15, -0.1) is 0 Å². The van der Waals surface area contributed by atoms with Crippen LogP contribution in [-0.2, 0) is 14.3 Å². The Bertz CT molecular complexity index is 747. The fourth-order valence-electron chi connectivity index (χ4n) is 1.68. The van der Waals surface area contributed by atoms with Crippen molar-refractivity contribution in [2.45, 2.75) is 0 Å². The van der Waals surface area contributed by atoms with E-state index in [1.807, 2.05) is 0 Å². The summed E-state index contributed by atoms with van der Waals surface area (Å²) in [6.07, 6.45) is 1.53. The van der Waals surface area contributed by atoms with Crippen LogP contribution < -0.4 is 10.6 Å². The highest BCUT2D eigenvalue weighted by molar-refractivity contribution is 5.95. The van der Waals surface area contributed by atoms with Crippen LogP contribution in [0.4, 0.5) is 14.5 Å². The Morgan fingerprint density at radius 3 is 2.54 bits per heavy atom. The molecule has 7 nitrogen and oxygen atoms in total. The van der Waals surface area contributed by atoms with Crippen LogP contribution >= 0.6 is 0 Å². The molecule has 0 aliphatic rings. The number of rotatable bonds is 6. The molecule has 0 saturated heterocycles. The van der Waals surface area contributed by atoms with Gasteiger partial charge >= 0.3 is 5.97 Å². The third-order valence-corrected chi connectivity index (χ3v) is 2.80.